The average Bonchev–Trinajstić information content (AvgIpc) is 2.58. The van der Waals surface area contributed by atoms with E-state index in [9.17, 15) is 8.42 Å². The van der Waals surface area contributed by atoms with E-state index in [-0.39, 0.29) is 28.8 Å². The van der Waals surface area contributed by atoms with Gasteiger partial charge in [0.2, 0.25) is 0 Å². The zero-order chi connectivity index (χ0) is 14.1. The van der Waals surface area contributed by atoms with Gasteiger partial charge in [0, 0.05) is 0 Å². The number of hydrogen-bond donors (Lipinski definition) is 0. The van der Waals surface area contributed by atoms with Crippen molar-refractivity contribution in [3.05, 3.63) is 11.5 Å². The molecule has 0 radical (unpaired) electrons. The van der Waals surface area contributed by atoms with Crippen molar-refractivity contribution in [1.29, 1.82) is 0 Å². The maximum Gasteiger partial charge on any atom is 0.490 e. The maximum atomic E-state index is 12.1. The Labute approximate surface area is 115 Å². The molecule has 0 aromatic rings. The molecule has 0 aromatic carbocycles. The summed E-state index contributed by atoms with van der Waals surface area (Å²) < 4.78 is 36.1. The minimum atomic E-state index is -2.94. The molecule has 2 unspecified atom stereocenters. The summed E-state index contributed by atoms with van der Waals surface area (Å²) in [6, 6.07) is 0. The van der Waals surface area contributed by atoms with Crippen molar-refractivity contribution in [2.75, 3.05) is 0 Å². The van der Waals surface area contributed by atoms with E-state index >= 15 is 0 Å². The molecule has 0 saturated carbocycles. The Morgan fingerprint density at radius 3 is 2.26 bits per heavy atom. The third kappa shape index (κ3) is 1.91. The third-order valence-corrected chi connectivity index (χ3v) is 7.63. The molecule has 2 bridgehead atoms. The van der Waals surface area contributed by atoms with Crippen molar-refractivity contribution < 1.29 is 17.7 Å². The number of allylic oxidation sites excluding steroid dienone is 1. The number of sulfone groups is 1. The topological polar surface area (TPSA) is 52.6 Å². The van der Waals surface area contributed by atoms with Gasteiger partial charge in [-0.1, -0.05) is 6.08 Å². The van der Waals surface area contributed by atoms with Crippen molar-refractivity contribution in [1.82, 2.24) is 0 Å². The van der Waals surface area contributed by atoms with Crippen LogP contribution in [0.5, 0.6) is 0 Å². The molecule has 0 spiro atoms. The largest absolute Gasteiger partial charge is 0.490 e. The van der Waals surface area contributed by atoms with Crippen LogP contribution in [0.1, 0.15) is 47.0 Å². The van der Waals surface area contributed by atoms with Gasteiger partial charge < -0.3 is 9.31 Å². The zero-order valence-corrected chi connectivity index (χ0v) is 12.8. The Bertz CT molecular complexity index is 519. The molecule has 6 heteroatoms. The van der Waals surface area contributed by atoms with Crippen molar-refractivity contribution >= 4 is 17.0 Å². The summed E-state index contributed by atoms with van der Waals surface area (Å²) in [4.78, 5) is 0. The van der Waals surface area contributed by atoms with Gasteiger partial charge in [0.25, 0.3) is 0 Å². The summed E-state index contributed by atoms with van der Waals surface area (Å²) in [7, 11) is -3.32. The third-order valence-electron chi connectivity index (χ3n) is 5.08. The fourth-order valence-electron chi connectivity index (χ4n) is 3.06. The molecule has 3 aliphatic rings. The Balaban J connectivity index is 1.87. The van der Waals surface area contributed by atoms with Gasteiger partial charge in [-0.2, -0.15) is 0 Å². The van der Waals surface area contributed by atoms with Gasteiger partial charge in [0.1, 0.15) is 0 Å². The molecule has 106 valence electrons. The molecule has 2 atom stereocenters. The Hall–Kier alpha value is -0.325. The first-order valence-corrected chi connectivity index (χ1v) is 8.53. The van der Waals surface area contributed by atoms with Gasteiger partial charge in [-0.3, -0.25) is 0 Å². The summed E-state index contributed by atoms with van der Waals surface area (Å²) in [5.41, 5.74) is 0.280. The van der Waals surface area contributed by atoms with Gasteiger partial charge in [-0.25, -0.2) is 8.42 Å². The molecular weight excluding hydrogens is 263 g/mol. The molecule has 0 aromatic heterocycles. The van der Waals surface area contributed by atoms with Crippen LogP contribution in [0.15, 0.2) is 11.5 Å². The van der Waals surface area contributed by atoms with Gasteiger partial charge in [0.15, 0.2) is 9.84 Å². The SMILES string of the molecule is CC1(C)OB(C2=CC3CCC(C2)S3(=O)=O)OC1(C)C. The van der Waals surface area contributed by atoms with E-state index in [4.69, 9.17) is 9.31 Å². The lowest BCUT2D eigenvalue weighted by Gasteiger charge is -2.32. The van der Waals surface area contributed by atoms with E-state index < -0.39 is 9.84 Å². The van der Waals surface area contributed by atoms with Crippen LogP contribution >= 0.6 is 0 Å². The smallest absolute Gasteiger partial charge is 0.400 e. The number of fused-ring (bicyclic) bond motifs is 2. The lowest BCUT2D eigenvalue weighted by molar-refractivity contribution is 0.00578. The molecule has 4 nitrogen and oxygen atoms in total. The molecule has 0 N–H and O–H groups in total. The molecule has 0 amide bonds. The highest BCUT2D eigenvalue weighted by atomic mass is 32.2. The molecule has 3 aliphatic heterocycles. The summed E-state index contributed by atoms with van der Waals surface area (Å²) in [5, 5.41) is -0.545. The molecule has 19 heavy (non-hydrogen) atoms. The van der Waals surface area contributed by atoms with E-state index in [2.05, 4.69) is 0 Å². The molecular formula is C13H21BO4S. The van der Waals surface area contributed by atoms with Crippen LogP contribution in [0.2, 0.25) is 0 Å². The van der Waals surface area contributed by atoms with E-state index in [0.717, 1.165) is 18.3 Å². The standard InChI is InChI=1S/C13H21BO4S/c1-12(2)13(3,4)18-14(17-12)9-7-10-5-6-11(8-9)19(10,15)16/h7,10-11H,5-6,8H2,1-4H3. The summed E-state index contributed by atoms with van der Waals surface area (Å²) >= 11 is 0. The quantitative estimate of drug-likeness (QED) is 0.690. The second kappa shape index (κ2) is 3.86. The van der Waals surface area contributed by atoms with Gasteiger partial charge in [0.05, 0.1) is 21.7 Å². The Morgan fingerprint density at radius 1 is 1.16 bits per heavy atom. The monoisotopic (exact) mass is 284 g/mol. The molecule has 2 fully saturated rings. The Kier molecular flexibility index (Phi) is 2.77. The lowest BCUT2D eigenvalue weighted by atomic mass is 9.75. The highest BCUT2D eigenvalue weighted by Crippen LogP contribution is 2.43. The lowest BCUT2D eigenvalue weighted by Crippen LogP contribution is -2.41. The highest BCUT2D eigenvalue weighted by Gasteiger charge is 2.54. The van der Waals surface area contributed by atoms with E-state index in [0.29, 0.717) is 6.42 Å². The molecule has 2 saturated heterocycles. The number of rotatable bonds is 1. The van der Waals surface area contributed by atoms with Gasteiger partial charge in [-0.05, 0) is 52.4 Å². The zero-order valence-electron chi connectivity index (χ0n) is 12.0. The molecule has 3 heterocycles. The molecule has 0 aliphatic carbocycles. The van der Waals surface area contributed by atoms with Crippen molar-refractivity contribution in [2.24, 2.45) is 0 Å². The fourth-order valence-corrected chi connectivity index (χ4v) is 5.27. The predicted octanol–water partition coefficient (Wildman–Crippen LogP) is 1.89. The van der Waals surface area contributed by atoms with Crippen molar-refractivity contribution in [2.45, 2.75) is 68.7 Å². The van der Waals surface area contributed by atoms with Crippen LogP contribution < -0.4 is 0 Å². The predicted molar refractivity (Wildman–Crippen MR) is 74.5 cm³/mol. The van der Waals surface area contributed by atoms with Gasteiger partial charge >= 0.3 is 7.12 Å². The van der Waals surface area contributed by atoms with Crippen LogP contribution in [0.25, 0.3) is 0 Å². The second-order valence-corrected chi connectivity index (χ2v) is 9.31. The van der Waals surface area contributed by atoms with E-state index in [1.807, 2.05) is 33.8 Å². The minimum Gasteiger partial charge on any atom is -0.400 e. The second-order valence-electron chi connectivity index (χ2n) is 6.86. The van der Waals surface area contributed by atoms with Crippen LogP contribution in [0, 0.1) is 0 Å². The van der Waals surface area contributed by atoms with Crippen molar-refractivity contribution in [3.8, 4) is 0 Å². The number of hydrogen-bond acceptors (Lipinski definition) is 4. The first kappa shape index (κ1) is 13.6. The van der Waals surface area contributed by atoms with Crippen molar-refractivity contribution in [3.63, 3.8) is 0 Å². The maximum absolute atomic E-state index is 12.1. The summed E-state index contributed by atoms with van der Waals surface area (Å²) in [5.74, 6) is 0. The fraction of sp³-hybridized carbons (Fsp3) is 0.846. The summed E-state index contributed by atoms with van der Waals surface area (Å²) in [6.45, 7) is 8.06. The van der Waals surface area contributed by atoms with Crippen LogP contribution in [-0.4, -0.2) is 37.2 Å². The van der Waals surface area contributed by atoms with E-state index in [1.165, 1.54) is 0 Å². The van der Waals surface area contributed by atoms with Crippen LogP contribution in [0.4, 0.5) is 0 Å². The first-order valence-electron chi connectivity index (χ1n) is 6.92. The van der Waals surface area contributed by atoms with E-state index in [1.54, 1.807) is 0 Å². The highest BCUT2D eigenvalue weighted by molar-refractivity contribution is 7.93. The normalized spacial score (nSPS) is 38.3. The van der Waals surface area contributed by atoms with Gasteiger partial charge in [-0.15, -0.1) is 0 Å². The first-order chi connectivity index (χ1) is 8.63. The van der Waals surface area contributed by atoms with Crippen LogP contribution in [0.3, 0.4) is 0 Å². The summed E-state index contributed by atoms with van der Waals surface area (Å²) in [6.07, 6.45) is 3.96. The Morgan fingerprint density at radius 2 is 1.74 bits per heavy atom. The van der Waals surface area contributed by atoms with Crippen LogP contribution in [-0.2, 0) is 19.1 Å². The minimum absolute atomic E-state index is 0.225. The molecule has 3 rings (SSSR count). The average molecular weight is 284 g/mol.